The van der Waals surface area contributed by atoms with Gasteiger partial charge in [-0.2, -0.15) is 0 Å². The maximum Gasteiger partial charge on any atom is 0.249 e. The van der Waals surface area contributed by atoms with E-state index >= 15 is 0 Å². The molecular weight excluding hydrogens is 240 g/mol. The van der Waals surface area contributed by atoms with Crippen LogP contribution < -0.4 is 0 Å². The van der Waals surface area contributed by atoms with Crippen LogP contribution in [0.5, 0.6) is 0 Å². The first kappa shape index (κ1) is 14.0. The molecule has 19 heavy (non-hydrogen) atoms. The van der Waals surface area contributed by atoms with Gasteiger partial charge in [0, 0.05) is 18.9 Å². The van der Waals surface area contributed by atoms with Gasteiger partial charge in [0.25, 0.3) is 0 Å². The number of carbonyl (C=O) groups excluding carboxylic acids is 1. The average Bonchev–Trinajstić information content (AvgIpc) is 2.85. The zero-order valence-corrected chi connectivity index (χ0v) is 11.9. The van der Waals surface area contributed by atoms with Gasteiger partial charge in [-0.1, -0.05) is 6.07 Å². The molecule has 2 rings (SSSR count). The molecule has 1 aliphatic rings. The quantitative estimate of drug-likeness (QED) is 0.840. The van der Waals surface area contributed by atoms with E-state index in [-0.39, 0.29) is 24.2 Å². The molecule has 4 heteroatoms. The second-order valence-electron chi connectivity index (χ2n) is 5.93. The molecule has 1 fully saturated rings. The van der Waals surface area contributed by atoms with Crippen molar-refractivity contribution < 1.29 is 9.53 Å². The number of pyridine rings is 1. The Bertz CT molecular complexity index is 426. The van der Waals surface area contributed by atoms with Crippen LogP contribution in [0, 0.1) is 0 Å². The largest absolute Gasteiger partial charge is 0.366 e. The van der Waals surface area contributed by atoms with Crippen LogP contribution in [0.4, 0.5) is 0 Å². The van der Waals surface area contributed by atoms with Crippen LogP contribution in [0.2, 0.25) is 0 Å². The molecule has 0 aromatic carbocycles. The number of hydrogen-bond donors (Lipinski definition) is 0. The van der Waals surface area contributed by atoms with E-state index in [0.717, 1.165) is 24.9 Å². The molecule has 1 saturated heterocycles. The fourth-order valence-electron chi connectivity index (χ4n) is 2.35. The Balaban J connectivity index is 2.01. The first-order chi connectivity index (χ1) is 8.97. The molecule has 1 unspecified atom stereocenters. The van der Waals surface area contributed by atoms with Crippen LogP contribution in [0.3, 0.4) is 0 Å². The molecule has 0 saturated carbocycles. The molecule has 0 bridgehead atoms. The Morgan fingerprint density at radius 2 is 2.32 bits per heavy atom. The van der Waals surface area contributed by atoms with Crippen molar-refractivity contribution in [3.05, 3.63) is 30.1 Å². The number of nitrogens with zero attached hydrogens (tertiary/aromatic N) is 2. The highest BCUT2D eigenvalue weighted by Gasteiger charge is 2.30. The number of rotatable bonds is 3. The summed E-state index contributed by atoms with van der Waals surface area (Å²) in [6.07, 6.45) is 5.65. The van der Waals surface area contributed by atoms with Crippen LogP contribution in [0.15, 0.2) is 24.5 Å². The molecule has 2 heterocycles. The SMILES string of the molecule is CC(C)(C)OCC(=O)N1CCCC1c1cccnc1. The van der Waals surface area contributed by atoms with Gasteiger partial charge in [-0.3, -0.25) is 9.78 Å². The van der Waals surface area contributed by atoms with Crippen molar-refractivity contribution in [3.8, 4) is 0 Å². The number of hydrogen-bond acceptors (Lipinski definition) is 3. The molecule has 1 atom stereocenters. The number of aromatic nitrogens is 1. The van der Waals surface area contributed by atoms with Crippen molar-refractivity contribution in [3.63, 3.8) is 0 Å². The van der Waals surface area contributed by atoms with Crippen LogP contribution in [0.25, 0.3) is 0 Å². The normalized spacial score (nSPS) is 19.7. The van der Waals surface area contributed by atoms with Gasteiger partial charge in [-0.25, -0.2) is 0 Å². The molecular formula is C15H22N2O2. The third kappa shape index (κ3) is 3.77. The molecule has 4 nitrogen and oxygen atoms in total. The molecule has 0 aliphatic carbocycles. The summed E-state index contributed by atoms with van der Waals surface area (Å²) in [5, 5.41) is 0. The van der Waals surface area contributed by atoms with Crippen LogP contribution >= 0.6 is 0 Å². The maximum absolute atomic E-state index is 12.3. The second kappa shape index (κ2) is 5.70. The minimum atomic E-state index is -0.279. The van der Waals surface area contributed by atoms with Crippen molar-refractivity contribution in [2.75, 3.05) is 13.2 Å². The lowest BCUT2D eigenvalue weighted by molar-refractivity contribution is -0.142. The zero-order chi connectivity index (χ0) is 13.9. The number of likely N-dealkylation sites (tertiary alicyclic amines) is 1. The van der Waals surface area contributed by atoms with E-state index in [2.05, 4.69) is 4.98 Å². The number of amides is 1. The highest BCUT2D eigenvalue weighted by atomic mass is 16.5. The highest BCUT2D eigenvalue weighted by Crippen LogP contribution is 2.31. The number of carbonyl (C=O) groups is 1. The molecule has 0 radical (unpaired) electrons. The summed E-state index contributed by atoms with van der Waals surface area (Å²) in [6.45, 7) is 6.85. The third-order valence-corrected chi connectivity index (χ3v) is 3.27. The molecule has 104 valence electrons. The van der Waals surface area contributed by atoms with E-state index in [1.54, 1.807) is 6.20 Å². The third-order valence-electron chi connectivity index (χ3n) is 3.27. The Hall–Kier alpha value is -1.42. The molecule has 1 aromatic rings. The Labute approximate surface area is 114 Å². The van der Waals surface area contributed by atoms with Gasteiger partial charge in [0.15, 0.2) is 0 Å². The summed E-state index contributed by atoms with van der Waals surface area (Å²) < 4.78 is 5.58. The topological polar surface area (TPSA) is 42.4 Å². The van der Waals surface area contributed by atoms with Crippen LogP contribution in [-0.4, -0.2) is 34.5 Å². The van der Waals surface area contributed by atoms with E-state index in [9.17, 15) is 4.79 Å². The predicted molar refractivity (Wildman–Crippen MR) is 73.6 cm³/mol. The summed E-state index contributed by atoms with van der Waals surface area (Å²) in [4.78, 5) is 18.3. The fourth-order valence-corrected chi connectivity index (χ4v) is 2.35. The van der Waals surface area contributed by atoms with Gasteiger partial charge in [-0.05, 0) is 45.2 Å². The zero-order valence-electron chi connectivity index (χ0n) is 11.9. The van der Waals surface area contributed by atoms with Gasteiger partial charge < -0.3 is 9.64 Å². The van der Waals surface area contributed by atoms with Crippen LogP contribution in [0.1, 0.15) is 45.2 Å². The Morgan fingerprint density at radius 3 is 2.95 bits per heavy atom. The molecule has 0 spiro atoms. The lowest BCUT2D eigenvalue weighted by atomic mass is 10.1. The van der Waals surface area contributed by atoms with Gasteiger partial charge in [0.05, 0.1) is 11.6 Å². The minimum Gasteiger partial charge on any atom is -0.366 e. The maximum atomic E-state index is 12.3. The summed E-state index contributed by atoms with van der Waals surface area (Å²) in [7, 11) is 0. The van der Waals surface area contributed by atoms with E-state index in [4.69, 9.17) is 4.74 Å². The minimum absolute atomic E-state index is 0.0706. The van der Waals surface area contributed by atoms with Crippen LogP contribution in [-0.2, 0) is 9.53 Å². The monoisotopic (exact) mass is 262 g/mol. The Kier molecular flexibility index (Phi) is 4.20. The van der Waals surface area contributed by atoms with Crippen molar-refractivity contribution in [2.45, 2.75) is 45.3 Å². The first-order valence-electron chi connectivity index (χ1n) is 6.81. The van der Waals surface area contributed by atoms with Gasteiger partial charge in [-0.15, -0.1) is 0 Å². The summed E-state index contributed by atoms with van der Waals surface area (Å²) >= 11 is 0. The van der Waals surface area contributed by atoms with Gasteiger partial charge in [0.1, 0.15) is 6.61 Å². The van der Waals surface area contributed by atoms with E-state index in [1.165, 1.54) is 0 Å². The van der Waals surface area contributed by atoms with Gasteiger partial charge in [0.2, 0.25) is 5.91 Å². The molecule has 1 aliphatic heterocycles. The van der Waals surface area contributed by atoms with Gasteiger partial charge >= 0.3 is 0 Å². The van der Waals surface area contributed by atoms with Crippen molar-refractivity contribution >= 4 is 5.91 Å². The molecule has 1 amide bonds. The lowest BCUT2D eigenvalue weighted by Crippen LogP contribution is -2.36. The fraction of sp³-hybridized carbons (Fsp3) is 0.600. The molecule has 1 aromatic heterocycles. The Morgan fingerprint density at radius 1 is 1.53 bits per heavy atom. The molecule has 0 N–H and O–H groups in total. The smallest absolute Gasteiger partial charge is 0.249 e. The van der Waals surface area contributed by atoms with E-state index in [0.29, 0.717) is 0 Å². The second-order valence-corrected chi connectivity index (χ2v) is 5.93. The summed E-state index contributed by atoms with van der Waals surface area (Å²) in [5.41, 5.74) is 0.836. The average molecular weight is 262 g/mol. The standard InChI is InChI=1S/C15H22N2O2/c1-15(2,3)19-11-14(18)17-9-5-7-13(17)12-6-4-8-16-10-12/h4,6,8,10,13H,5,7,9,11H2,1-3H3. The number of ether oxygens (including phenoxy) is 1. The van der Waals surface area contributed by atoms with Crippen molar-refractivity contribution in [1.82, 2.24) is 9.88 Å². The first-order valence-corrected chi connectivity index (χ1v) is 6.81. The summed E-state index contributed by atoms with van der Waals surface area (Å²) in [6, 6.07) is 4.11. The van der Waals surface area contributed by atoms with Crippen molar-refractivity contribution in [1.29, 1.82) is 0 Å². The summed E-state index contributed by atoms with van der Waals surface area (Å²) in [5.74, 6) is 0.0706. The predicted octanol–water partition coefficient (Wildman–Crippen LogP) is 2.56. The van der Waals surface area contributed by atoms with E-state index < -0.39 is 0 Å². The highest BCUT2D eigenvalue weighted by molar-refractivity contribution is 5.78. The van der Waals surface area contributed by atoms with Crippen molar-refractivity contribution in [2.24, 2.45) is 0 Å². The lowest BCUT2D eigenvalue weighted by Gasteiger charge is -2.27. The van der Waals surface area contributed by atoms with E-state index in [1.807, 2.05) is 44.0 Å².